The molecule has 0 aliphatic carbocycles. The zero-order valence-corrected chi connectivity index (χ0v) is 24.6. The second kappa shape index (κ2) is 13.0. The highest BCUT2D eigenvalue weighted by molar-refractivity contribution is 5.91. The lowest BCUT2D eigenvalue weighted by Crippen LogP contribution is -2.29. The number of hydrogen-bond acceptors (Lipinski definition) is 11. The predicted molar refractivity (Wildman–Crippen MR) is 163 cm³/mol. The van der Waals surface area contributed by atoms with Gasteiger partial charge in [-0.1, -0.05) is 19.1 Å². The number of benzene rings is 3. The first-order valence-electron chi connectivity index (χ1n) is 13.9. The Morgan fingerprint density at radius 3 is 1.86 bits per heavy atom. The number of phenols is 2. The number of aryl methyl sites for hydroxylation is 2. The van der Waals surface area contributed by atoms with E-state index in [1.807, 2.05) is 31.2 Å². The number of tetrazole rings is 2. The second-order valence-corrected chi connectivity index (χ2v) is 10.1. The Morgan fingerprint density at radius 1 is 0.864 bits per heavy atom. The third kappa shape index (κ3) is 6.48. The Kier molecular flexibility index (Phi) is 8.79. The molecule has 0 saturated heterocycles. The number of carbonyl (C=O) groups is 1. The number of phenolic OH excluding ortho intramolecular Hbond substituents is 2. The quantitative estimate of drug-likeness (QED) is 0.182. The van der Waals surface area contributed by atoms with Gasteiger partial charge < -0.3 is 15.1 Å². The molecule has 1 amide bonds. The Bertz CT molecular complexity index is 1740. The maximum atomic E-state index is 12.5. The van der Waals surface area contributed by atoms with Gasteiger partial charge in [-0.25, -0.2) is 0 Å². The standard InChI is InChI=1S/C30H31N11O3/c1-5-13-39(21(4)42)25-8-6-7-24(16-25)30(26-14-22(9-11-28(26)43)17-31-40-19(2)33-35-37-40)27-15-23(10-12-29(27)44)18-32-41-20(3)34-36-38-41/h6-12,14-18,30,43-44H,5,13H2,1-4H3/b31-17+,32-18+. The molecule has 14 nitrogen and oxygen atoms in total. The third-order valence-electron chi connectivity index (χ3n) is 6.91. The number of anilines is 1. The Labute approximate surface area is 253 Å². The number of nitrogens with zero attached hydrogens (tertiary/aromatic N) is 11. The number of aromatic nitrogens is 8. The molecule has 2 heterocycles. The van der Waals surface area contributed by atoms with Gasteiger partial charge in [0.05, 0.1) is 12.4 Å². The van der Waals surface area contributed by atoms with Gasteiger partial charge in [0.1, 0.15) is 11.5 Å². The SMILES string of the molecule is CCCN(C(C)=O)c1cccc(C(c2cc(/C=N/n3nnnc3C)ccc2O)c2cc(/C=N/n3nnnc3C)ccc2O)c1. The number of rotatable bonds is 10. The monoisotopic (exact) mass is 593 g/mol. The molecular formula is C30H31N11O3. The maximum Gasteiger partial charge on any atom is 0.223 e. The zero-order chi connectivity index (χ0) is 31.2. The predicted octanol–water partition coefficient (Wildman–Crippen LogP) is 3.40. The van der Waals surface area contributed by atoms with E-state index in [1.165, 1.54) is 16.5 Å². The highest BCUT2D eigenvalue weighted by Crippen LogP contribution is 2.42. The van der Waals surface area contributed by atoms with Crippen LogP contribution >= 0.6 is 0 Å². The summed E-state index contributed by atoms with van der Waals surface area (Å²) in [5.74, 6) is 0.302. The van der Waals surface area contributed by atoms with E-state index in [2.05, 4.69) is 41.3 Å². The van der Waals surface area contributed by atoms with Crippen molar-refractivity contribution in [3.8, 4) is 11.5 Å². The second-order valence-electron chi connectivity index (χ2n) is 10.1. The van der Waals surface area contributed by atoms with Crippen LogP contribution in [0.4, 0.5) is 5.69 Å². The van der Waals surface area contributed by atoms with Crippen LogP contribution in [-0.2, 0) is 4.79 Å². The van der Waals surface area contributed by atoms with Crippen LogP contribution in [0.15, 0.2) is 70.9 Å². The molecule has 0 aliphatic rings. The average Bonchev–Trinajstić information content (AvgIpc) is 3.63. The van der Waals surface area contributed by atoms with Crippen molar-refractivity contribution in [1.29, 1.82) is 0 Å². The fourth-order valence-electron chi connectivity index (χ4n) is 4.77. The van der Waals surface area contributed by atoms with Gasteiger partial charge in [0.15, 0.2) is 11.6 Å². The molecule has 0 fully saturated rings. The van der Waals surface area contributed by atoms with Gasteiger partial charge in [0.25, 0.3) is 0 Å². The first-order valence-corrected chi connectivity index (χ1v) is 13.9. The van der Waals surface area contributed by atoms with E-state index in [9.17, 15) is 15.0 Å². The molecule has 0 radical (unpaired) electrons. The van der Waals surface area contributed by atoms with Crippen LogP contribution in [0.2, 0.25) is 0 Å². The number of aromatic hydroxyl groups is 2. The van der Waals surface area contributed by atoms with Crippen molar-refractivity contribution in [2.45, 2.75) is 40.0 Å². The van der Waals surface area contributed by atoms with E-state index in [0.717, 1.165) is 12.0 Å². The normalized spacial score (nSPS) is 11.7. The molecule has 0 spiro atoms. The van der Waals surface area contributed by atoms with Crippen LogP contribution in [-0.4, -0.2) is 75.7 Å². The molecule has 5 aromatic rings. The first-order chi connectivity index (χ1) is 21.2. The minimum absolute atomic E-state index is 0.0101. The molecular weight excluding hydrogens is 562 g/mol. The zero-order valence-electron chi connectivity index (χ0n) is 24.6. The van der Waals surface area contributed by atoms with Gasteiger partial charge in [-0.05, 0) is 106 Å². The lowest BCUT2D eigenvalue weighted by atomic mass is 9.82. The van der Waals surface area contributed by atoms with Gasteiger partial charge in [-0.2, -0.15) is 10.2 Å². The summed E-state index contributed by atoms with van der Waals surface area (Å²) in [5.41, 5.74) is 3.79. The van der Waals surface area contributed by atoms with Crippen molar-refractivity contribution in [3.63, 3.8) is 0 Å². The van der Waals surface area contributed by atoms with E-state index >= 15 is 0 Å². The Balaban J connectivity index is 1.65. The third-order valence-corrected chi connectivity index (χ3v) is 6.91. The highest BCUT2D eigenvalue weighted by Gasteiger charge is 2.25. The molecule has 2 aromatic heterocycles. The lowest BCUT2D eigenvalue weighted by Gasteiger charge is -2.25. The summed E-state index contributed by atoms with van der Waals surface area (Å²) in [7, 11) is 0. The summed E-state index contributed by atoms with van der Waals surface area (Å²) < 4.78 is 0. The molecule has 0 bridgehead atoms. The van der Waals surface area contributed by atoms with Crippen molar-refractivity contribution in [3.05, 3.63) is 100 Å². The van der Waals surface area contributed by atoms with E-state index in [-0.39, 0.29) is 17.4 Å². The van der Waals surface area contributed by atoms with E-state index in [1.54, 1.807) is 67.6 Å². The van der Waals surface area contributed by atoms with Crippen LogP contribution in [0.1, 0.15) is 65.7 Å². The first kappa shape index (κ1) is 29.7. The Hall–Kier alpha value is -5.79. The van der Waals surface area contributed by atoms with Crippen LogP contribution < -0.4 is 4.90 Å². The van der Waals surface area contributed by atoms with Crippen LogP contribution in [0, 0.1) is 13.8 Å². The maximum absolute atomic E-state index is 12.5. The average molecular weight is 594 g/mol. The van der Waals surface area contributed by atoms with E-state index in [0.29, 0.717) is 46.1 Å². The fraction of sp³-hybridized carbons (Fsp3) is 0.233. The van der Waals surface area contributed by atoms with Crippen molar-refractivity contribution in [2.75, 3.05) is 11.4 Å². The molecule has 224 valence electrons. The van der Waals surface area contributed by atoms with E-state index < -0.39 is 5.92 Å². The van der Waals surface area contributed by atoms with Gasteiger partial charge >= 0.3 is 0 Å². The summed E-state index contributed by atoms with van der Waals surface area (Å²) in [4.78, 5) is 16.8. The molecule has 0 aliphatic heterocycles. The summed E-state index contributed by atoms with van der Waals surface area (Å²) in [5, 5.41) is 53.6. The van der Waals surface area contributed by atoms with Crippen molar-refractivity contribution in [1.82, 2.24) is 40.6 Å². The van der Waals surface area contributed by atoms with Crippen molar-refractivity contribution in [2.24, 2.45) is 10.2 Å². The van der Waals surface area contributed by atoms with Gasteiger partial charge in [-0.3, -0.25) is 4.79 Å². The smallest absolute Gasteiger partial charge is 0.223 e. The van der Waals surface area contributed by atoms with Crippen molar-refractivity contribution < 1.29 is 15.0 Å². The minimum atomic E-state index is -0.656. The molecule has 2 N–H and O–H groups in total. The molecule has 0 unspecified atom stereocenters. The van der Waals surface area contributed by atoms with E-state index in [4.69, 9.17) is 0 Å². The number of carbonyl (C=O) groups excluding carboxylic acids is 1. The molecule has 0 atom stereocenters. The minimum Gasteiger partial charge on any atom is -0.508 e. The van der Waals surface area contributed by atoms with Gasteiger partial charge in [0, 0.05) is 36.2 Å². The van der Waals surface area contributed by atoms with Crippen molar-refractivity contribution >= 4 is 24.0 Å². The highest BCUT2D eigenvalue weighted by atomic mass is 16.3. The largest absolute Gasteiger partial charge is 0.508 e. The van der Waals surface area contributed by atoms with Crippen LogP contribution in [0.3, 0.4) is 0 Å². The fourth-order valence-corrected chi connectivity index (χ4v) is 4.77. The lowest BCUT2D eigenvalue weighted by molar-refractivity contribution is -0.116. The molecule has 14 heteroatoms. The summed E-state index contributed by atoms with van der Waals surface area (Å²) in [6.45, 7) is 7.54. The number of amides is 1. The summed E-state index contributed by atoms with van der Waals surface area (Å²) >= 11 is 0. The Morgan fingerprint density at radius 2 is 1.41 bits per heavy atom. The molecule has 44 heavy (non-hydrogen) atoms. The number of hydrogen-bond donors (Lipinski definition) is 2. The molecule has 0 saturated carbocycles. The molecule has 5 rings (SSSR count). The topological polar surface area (TPSA) is 173 Å². The van der Waals surface area contributed by atoms with Gasteiger partial charge in [0.2, 0.25) is 5.91 Å². The van der Waals surface area contributed by atoms with Crippen LogP contribution in [0.5, 0.6) is 11.5 Å². The summed E-state index contributed by atoms with van der Waals surface area (Å²) in [6, 6.07) is 17.7. The van der Waals surface area contributed by atoms with Crippen LogP contribution in [0.25, 0.3) is 0 Å². The van der Waals surface area contributed by atoms with Gasteiger partial charge in [-0.15, -0.1) is 19.8 Å². The molecule has 3 aromatic carbocycles. The summed E-state index contributed by atoms with van der Waals surface area (Å²) in [6.07, 6.45) is 3.94.